The average molecular weight is 400 g/mol. The SMILES string of the molecule is COC(=O)C1=C(C(=O)OC)C2=C(C)C(OC(C)=O)=C(OC)C=C(C)C2=C(C)C=C1. The molecule has 0 amide bonds. The van der Waals surface area contributed by atoms with E-state index in [1.807, 2.05) is 13.8 Å². The van der Waals surface area contributed by atoms with Crippen molar-refractivity contribution < 1.29 is 33.3 Å². The van der Waals surface area contributed by atoms with Crippen molar-refractivity contribution in [2.45, 2.75) is 27.7 Å². The normalized spacial score (nSPS) is 16.7. The van der Waals surface area contributed by atoms with E-state index in [1.54, 1.807) is 19.1 Å². The van der Waals surface area contributed by atoms with Gasteiger partial charge in [-0.05, 0) is 49.6 Å². The summed E-state index contributed by atoms with van der Waals surface area (Å²) in [5.41, 5.74) is 3.19. The van der Waals surface area contributed by atoms with Crippen molar-refractivity contribution in [3.63, 3.8) is 0 Å². The van der Waals surface area contributed by atoms with Gasteiger partial charge < -0.3 is 18.9 Å². The second-order valence-corrected chi connectivity index (χ2v) is 6.48. The van der Waals surface area contributed by atoms with E-state index in [0.29, 0.717) is 22.5 Å². The van der Waals surface area contributed by atoms with Crippen LogP contribution in [0.15, 0.2) is 68.8 Å². The number of hydrogen-bond donors (Lipinski definition) is 0. The van der Waals surface area contributed by atoms with E-state index in [9.17, 15) is 14.4 Å². The van der Waals surface area contributed by atoms with Gasteiger partial charge in [0.2, 0.25) is 0 Å². The van der Waals surface area contributed by atoms with Crippen molar-refractivity contribution in [2.75, 3.05) is 21.3 Å². The van der Waals surface area contributed by atoms with Gasteiger partial charge >= 0.3 is 17.9 Å². The Morgan fingerprint density at radius 1 is 0.862 bits per heavy atom. The number of methoxy groups -OCH3 is 3. The highest BCUT2D eigenvalue weighted by molar-refractivity contribution is 6.07. The molecule has 0 heterocycles. The third-order valence-electron chi connectivity index (χ3n) is 4.61. The van der Waals surface area contributed by atoms with Crippen molar-refractivity contribution in [3.8, 4) is 0 Å². The second-order valence-electron chi connectivity index (χ2n) is 6.48. The van der Waals surface area contributed by atoms with Crippen LogP contribution in [-0.2, 0) is 33.3 Å². The lowest BCUT2D eigenvalue weighted by Gasteiger charge is -2.19. The smallest absolute Gasteiger partial charge is 0.339 e. The van der Waals surface area contributed by atoms with Crippen LogP contribution in [0.25, 0.3) is 0 Å². The minimum atomic E-state index is -0.715. The molecule has 0 N–H and O–H groups in total. The molecular formula is C22H24O7. The molecular weight excluding hydrogens is 376 g/mol. The molecule has 0 fully saturated rings. The first-order valence-electron chi connectivity index (χ1n) is 8.85. The van der Waals surface area contributed by atoms with Crippen molar-refractivity contribution in [2.24, 2.45) is 0 Å². The molecule has 7 heteroatoms. The fourth-order valence-electron chi connectivity index (χ4n) is 3.36. The van der Waals surface area contributed by atoms with E-state index in [-0.39, 0.29) is 16.9 Å². The molecule has 0 aliphatic heterocycles. The zero-order valence-corrected chi connectivity index (χ0v) is 17.6. The Labute approximate surface area is 169 Å². The van der Waals surface area contributed by atoms with Gasteiger partial charge in [0.15, 0.2) is 11.5 Å². The zero-order valence-electron chi connectivity index (χ0n) is 17.6. The molecule has 29 heavy (non-hydrogen) atoms. The molecule has 0 atom stereocenters. The molecule has 2 aliphatic carbocycles. The van der Waals surface area contributed by atoms with Crippen LogP contribution >= 0.6 is 0 Å². The molecule has 0 unspecified atom stereocenters. The minimum Gasteiger partial charge on any atom is -0.493 e. The van der Waals surface area contributed by atoms with Gasteiger partial charge in [0, 0.05) is 18.1 Å². The summed E-state index contributed by atoms with van der Waals surface area (Å²) in [6, 6.07) is 0. The second kappa shape index (κ2) is 8.77. The number of carbonyl (C=O) groups excluding carboxylic acids is 3. The zero-order chi connectivity index (χ0) is 21.9. The maximum atomic E-state index is 12.8. The third-order valence-corrected chi connectivity index (χ3v) is 4.61. The summed E-state index contributed by atoms with van der Waals surface area (Å²) in [5.74, 6) is -1.47. The van der Waals surface area contributed by atoms with Gasteiger partial charge in [-0.3, -0.25) is 4.79 Å². The van der Waals surface area contributed by atoms with Crippen molar-refractivity contribution in [3.05, 3.63) is 68.8 Å². The quantitative estimate of drug-likeness (QED) is 0.529. The Morgan fingerprint density at radius 3 is 2.00 bits per heavy atom. The van der Waals surface area contributed by atoms with Crippen LogP contribution in [0.1, 0.15) is 27.7 Å². The van der Waals surface area contributed by atoms with E-state index in [0.717, 1.165) is 11.1 Å². The van der Waals surface area contributed by atoms with E-state index >= 15 is 0 Å². The van der Waals surface area contributed by atoms with Crippen LogP contribution in [0.4, 0.5) is 0 Å². The van der Waals surface area contributed by atoms with Crippen LogP contribution in [0, 0.1) is 0 Å². The number of esters is 3. The van der Waals surface area contributed by atoms with Crippen molar-refractivity contribution >= 4 is 17.9 Å². The van der Waals surface area contributed by atoms with Crippen LogP contribution in [0.3, 0.4) is 0 Å². The fraction of sp³-hybridized carbons (Fsp3) is 0.318. The van der Waals surface area contributed by atoms with Crippen molar-refractivity contribution in [1.29, 1.82) is 0 Å². The molecule has 0 saturated heterocycles. The summed E-state index contributed by atoms with van der Waals surface area (Å²) >= 11 is 0. The summed E-state index contributed by atoms with van der Waals surface area (Å²) in [5, 5.41) is 0. The summed E-state index contributed by atoms with van der Waals surface area (Å²) in [7, 11) is 3.92. The molecule has 0 radical (unpaired) electrons. The first-order valence-corrected chi connectivity index (χ1v) is 8.85. The monoisotopic (exact) mass is 400 g/mol. The Balaban J connectivity index is 3.06. The maximum absolute atomic E-state index is 12.8. The minimum absolute atomic E-state index is 0.0229. The average Bonchev–Trinajstić information content (AvgIpc) is 2.90. The Bertz CT molecular complexity index is 965. The number of allylic oxidation sites excluding steroid dienone is 6. The molecule has 154 valence electrons. The number of rotatable bonds is 4. The largest absolute Gasteiger partial charge is 0.493 e. The molecule has 7 nitrogen and oxygen atoms in total. The first kappa shape index (κ1) is 21.9. The standard InChI is InChI=1S/C22H24O7/c1-11-8-9-15(21(24)27-6)19(22(25)28-7)18-13(3)20(29-14(4)23)16(26-5)10-12(2)17(11)18/h8-10H,1-7H3. The van der Waals surface area contributed by atoms with Gasteiger partial charge in [0.05, 0.1) is 32.5 Å². The number of ether oxygens (including phenoxy) is 4. The molecule has 0 aromatic heterocycles. The summed E-state index contributed by atoms with van der Waals surface area (Å²) in [6.45, 7) is 6.66. The van der Waals surface area contributed by atoms with Gasteiger partial charge in [-0.15, -0.1) is 0 Å². The molecule has 0 aromatic rings. The summed E-state index contributed by atoms with van der Waals surface area (Å²) in [6.07, 6.45) is 4.97. The predicted octanol–water partition coefficient (Wildman–Crippen LogP) is 3.21. The molecule has 0 spiro atoms. The van der Waals surface area contributed by atoms with Crippen LogP contribution in [-0.4, -0.2) is 39.2 Å². The topological polar surface area (TPSA) is 88.1 Å². The Morgan fingerprint density at radius 2 is 1.48 bits per heavy atom. The van der Waals surface area contributed by atoms with Crippen LogP contribution in [0.5, 0.6) is 0 Å². The number of fused-ring (bicyclic) bond motifs is 1. The summed E-state index contributed by atoms with van der Waals surface area (Å²) in [4.78, 5) is 37.0. The van der Waals surface area contributed by atoms with Crippen molar-refractivity contribution in [1.82, 2.24) is 0 Å². The molecule has 0 saturated carbocycles. The van der Waals surface area contributed by atoms with Crippen LogP contribution in [0.2, 0.25) is 0 Å². The van der Waals surface area contributed by atoms with E-state index in [1.165, 1.54) is 34.3 Å². The highest BCUT2D eigenvalue weighted by atomic mass is 16.6. The van der Waals surface area contributed by atoms with Gasteiger partial charge in [0.1, 0.15) is 0 Å². The van der Waals surface area contributed by atoms with Gasteiger partial charge in [0.25, 0.3) is 0 Å². The Hall–Kier alpha value is -3.35. The molecule has 2 rings (SSSR count). The van der Waals surface area contributed by atoms with Gasteiger partial charge in [-0.2, -0.15) is 0 Å². The van der Waals surface area contributed by atoms with E-state index in [2.05, 4.69) is 0 Å². The molecule has 2 aliphatic rings. The fourth-order valence-corrected chi connectivity index (χ4v) is 3.36. The molecule has 0 bridgehead atoms. The lowest BCUT2D eigenvalue weighted by molar-refractivity contribution is -0.138. The van der Waals surface area contributed by atoms with Crippen LogP contribution < -0.4 is 0 Å². The first-order chi connectivity index (χ1) is 13.7. The third kappa shape index (κ3) is 4.08. The van der Waals surface area contributed by atoms with Gasteiger partial charge in [-0.1, -0.05) is 6.08 Å². The lowest BCUT2D eigenvalue weighted by Crippen LogP contribution is -2.17. The lowest BCUT2D eigenvalue weighted by atomic mass is 9.86. The van der Waals surface area contributed by atoms with E-state index < -0.39 is 17.9 Å². The Kier molecular flexibility index (Phi) is 6.64. The highest BCUT2D eigenvalue weighted by Gasteiger charge is 2.34. The highest BCUT2D eigenvalue weighted by Crippen LogP contribution is 2.41. The van der Waals surface area contributed by atoms with Gasteiger partial charge in [-0.25, -0.2) is 9.59 Å². The summed E-state index contributed by atoms with van der Waals surface area (Å²) < 4.78 is 20.7. The predicted molar refractivity (Wildman–Crippen MR) is 105 cm³/mol. The molecule has 0 aromatic carbocycles. The number of carbonyl (C=O) groups is 3. The maximum Gasteiger partial charge on any atom is 0.339 e. The van der Waals surface area contributed by atoms with E-state index in [4.69, 9.17) is 18.9 Å². The number of hydrogen-bond acceptors (Lipinski definition) is 7.